The summed E-state index contributed by atoms with van der Waals surface area (Å²) in [5.41, 5.74) is 6.73. The second-order valence-electron chi connectivity index (χ2n) is 7.05. The van der Waals surface area contributed by atoms with Gasteiger partial charge in [0.1, 0.15) is 0 Å². The highest BCUT2D eigenvalue weighted by Crippen LogP contribution is 2.52. The van der Waals surface area contributed by atoms with Gasteiger partial charge in [0, 0.05) is 0 Å². The molecule has 29 heavy (non-hydrogen) atoms. The second-order valence-corrected chi connectivity index (χ2v) is 10.1. The average Bonchev–Trinajstić information content (AvgIpc) is 2.72. The smallest absolute Gasteiger partial charge is 0.304 e. The molecular weight excluding hydrogens is 399 g/mol. The molecule has 0 aliphatic heterocycles. The normalized spacial score (nSPS) is 11.6. The van der Waals surface area contributed by atoms with E-state index >= 15 is 0 Å². The highest BCUT2D eigenvalue weighted by Gasteiger charge is 2.22. The summed E-state index contributed by atoms with van der Waals surface area (Å²) in [4.78, 5) is 0. The van der Waals surface area contributed by atoms with Gasteiger partial charge in [-0.3, -0.25) is 0 Å². The van der Waals surface area contributed by atoms with E-state index in [1.54, 1.807) is 0 Å². The molecule has 0 aliphatic carbocycles. The quantitative estimate of drug-likeness (QED) is 0.352. The number of hydrogen-bond acceptors (Lipinski definition) is 4. The van der Waals surface area contributed by atoms with Crippen LogP contribution in [0.15, 0.2) is 72.8 Å². The van der Waals surface area contributed by atoms with E-state index in [0.29, 0.717) is 19.8 Å². The van der Waals surface area contributed by atoms with Crippen LogP contribution in [0.2, 0.25) is 0 Å². The van der Waals surface area contributed by atoms with Crippen molar-refractivity contribution in [2.24, 2.45) is 0 Å². The second kappa shape index (κ2) is 10.3. The van der Waals surface area contributed by atoms with Gasteiger partial charge < -0.3 is 13.6 Å². The van der Waals surface area contributed by atoms with E-state index in [9.17, 15) is 0 Å². The molecule has 0 spiro atoms. The predicted molar refractivity (Wildman–Crippen MR) is 122 cm³/mol. The maximum Gasteiger partial charge on any atom is 0.328 e. The van der Waals surface area contributed by atoms with Gasteiger partial charge >= 0.3 is 6.72 Å². The van der Waals surface area contributed by atoms with Gasteiger partial charge in [0.25, 0.3) is 0 Å². The summed E-state index contributed by atoms with van der Waals surface area (Å²) in [6, 6.07) is 24.3. The summed E-state index contributed by atoms with van der Waals surface area (Å²) < 4.78 is 18.3. The molecule has 0 saturated heterocycles. The van der Waals surface area contributed by atoms with Crippen molar-refractivity contribution in [3.05, 3.63) is 106 Å². The minimum Gasteiger partial charge on any atom is -0.304 e. The first-order valence-electron chi connectivity index (χ1n) is 9.64. The first kappa shape index (κ1) is 21.9. The van der Waals surface area contributed by atoms with Crippen LogP contribution in [0.1, 0.15) is 33.4 Å². The lowest BCUT2D eigenvalue weighted by atomic mass is 10.1. The summed E-state index contributed by atoms with van der Waals surface area (Å²) in [5, 5.41) is 0. The van der Waals surface area contributed by atoms with Crippen LogP contribution in [0.25, 0.3) is 0 Å². The van der Waals surface area contributed by atoms with Gasteiger partial charge in [-0.25, -0.2) is 0 Å². The van der Waals surface area contributed by atoms with Gasteiger partial charge in [-0.2, -0.15) is 0 Å². The minimum absolute atomic E-state index is 0.367. The Hall–Kier alpha value is -1.81. The Morgan fingerprint density at radius 3 is 1.10 bits per heavy atom. The van der Waals surface area contributed by atoms with Crippen molar-refractivity contribution in [1.82, 2.24) is 0 Å². The summed E-state index contributed by atoms with van der Waals surface area (Å²) >= 11 is 5.77. The highest BCUT2D eigenvalue weighted by atomic mass is 32.5. The van der Waals surface area contributed by atoms with Gasteiger partial charge in [0.2, 0.25) is 0 Å². The monoisotopic (exact) mass is 426 g/mol. The summed E-state index contributed by atoms with van der Waals surface area (Å²) in [6.07, 6.45) is 0. The molecule has 3 aromatic carbocycles. The van der Waals surface area contributed by atoms with Crippen LogP contribution in [0.5, 0.6) is 0 Å². The Labute approximate surface area is 178 Å². The van der Waals surface area contributed by atoms with E-state index in [4.69, 9.17) is 25.4 Å². The molecule has 0 amide bonds. The molecule has 3 rings (SSSR count). The van der Waals surface area contributed by atoms with Crippen LogP contribution in [0, 0.1) is 20.8 Å². The Morgan fingerprint density at radius 1 is 0.552 bits per heavy atom. The fourth-order valence-corrected chi connectivity index (χ4v) is 4.46. The summed E-state index contributed by atoms with van der Waals surface area (Å²) in [5.74, 6) is 0. The molecular formula is C24H27O3PS. The zero-order valence-electron chi connectivity index (χ0n) is 17.1. The summed E-state index contributed by atoms with van der Waals surface area (Å²) in [6.45, 7) is 4.34. The summed E-state index contributed by atoms with van der Waals surface area (Å²) in [7, 11) is 0. The minimum atomic E-state index is -2.94. The van der Waals surface area contributed by atoms with Gasteiger partial charge in [0.05, 0.1) is 19.8 Å². The molecule has 0 aliphatic rings. The SMILES string of the molecule is Cc1ccccc1COP(=S)(OCc1ccccc1C)OCc1ccccc1C. The molecule has 0 fully saturated rings. The first-order chi connectivity index (χ1) is 14.0. The van der Waals surface area contributed by atoms with E-state index in [1.807, 2.05) is 54.6 Å². The zero-order valence-corrected chi connectivity index (χ0v) is 18.8. The molecule has 152 valence electrons. The van der Waals surface area contributed by atoms with Crippen molar-refractivity contribution >= 4 is 18.5 Å². The van der Waals surface area contributed by atoms with Gasteiger partial charge in [-0.15, -0.1) is 0 Å². The maximum absolute atomic E-state index is 6.10. The molecule has 0 aromatic heterocycles. The molecule has 3 nitrogen and oxygen atoms in total. The van der Waals surface area contributed by atoms with E-state index in [-0.39, 0.29) is 0 Å². The molecule has 3 aromatic rings. The maximum atomic E-state index is 6.10. The molecule has 0 atom stereocenters. The number of hydrogen-bond donors (Lipinski definition) is 0. The van der Waals surface area contributed by atoms with Crippen LogP contribution in [0.4, 0.5) is 0 Å². The van der Waals surface area contributed by atoms with E-state index in [2.05, 4.69) is 39.0 Å². The third-order valence-electron chi connectivity index (χ3n) is 4.92. The van der Waals surface area contributed by atoms with E-state index in [0.717, 1.165) is 33.4 Å². The fourth-order valence-electron chi connectivity index (χ4n) is 2.87. The third kappa shape index (κ3) is 6.33. The predicted octanol–water partition coefficient (Wildman–Crippen LogP) is 6.79. The standard InChI is InChI=1S/C24H27O3PS/c1-19-10-4-7-13-22(19)16-25-28(29,26-17-23-14-8-5-11-20(23)2)27-18-24-15-9-6-12-21(24)3/h4-15H,16-18H2,1-3H3. The Morgan fingerprint density at radius 2 is 0.828 bits per heavy atom. The van der Waals surface area contributed by atoms with Crippen LogP contribution < -0.4 is 0 Å². The topological polar surface area (TPSA) is 27.7 Å². The Kier molecular flexibility index (Phi) is 7.77. The van der Waals surface area contributed by atoms with Crippen LogP contribution in [-0.2, 0) is 45.2 Å². The third-order valence-corrected chi connectivity index (χ3v) is 7.20. The lowest BCUT2D eigenvalue weighted by Gasteiger charge is -2.23. The molecule has 0 unspecified atom stereocenters. The van der Waals surface area contributed by atoms with Gasteiger partial charge in [0.15, 0.2) is 0 Å². The average molecular weight is 427 g/mol. The molecule has 0 N–H and O–H groups in total. The van der Waals surface area contributed by atoms with Crippen molar-refractivity contribution in [2.75, 3.05) is 0 Å². The van der Waals surface area contributed by atoms with E-state index < -0.39 is 6.72 Å². The first-order valence-corrected chi connectivity index (χ1v) is 12.2. The molecule has 0 saturated carbocycles. The lowest BCUT2D eigenvalue weighted by molar-refractivity contribution is 0.140. The van der Waals surface area contributed by atoms with Crippen LogP contribution in [-0.4, -0.2) is 0 Å². The molecule has 0 heterocycles. The van der Waals surface area contributed by atoms with Crippen LogP contribution >= 0.6 is 6.72 Å². The zero-order chi connectivity index (χ0) is 20.7. The van der Waals surface area contributed by atoms with Gasteiger partial charge in [-0.05, 0) is 66.0 Å². The van der Waals surface area contributed by atoms with Crippen molar-refractivity contribution in [3.63, 3.8) is 0 Å². The Balaban J connectivity index is 1.74. The number of benzene rings is 3. The van der Waals surface area contributed by atoms with E-state index in [1.165, 1.54) is 0 Å². The molecule has 0 radical (unpaired) electrons. The highest BCUT2D eigenvalue weighted by molar-refractivity contribution is 8.07. The van der Waals surface area contributed by atoms with Crippen LogP contribution in [0.3, 0.4) is 0 Å². The van der Waals surface area contributed by atoms with Crippen molar-refractivity contribution in [2.45, 2.75) is 40.6 Å². The van der Waals surface area contributed by atoms with Crippen molar-refractivity contribution in [1.29, 1.82) is 0 Å². The van der Waals surface area contributed by atoms with Crippen molar-refractivity contribution < 1.29 is 13.6 Å². The van der Waals surface area contributed by atoms with Crippen molar-refractivity contribution in [3.8, 4) is 0 Å². The largest absolute Gasteiger partial charge is 0.328 e. The molecule has 0 bridgehead atoms. The molecule has 5 heteroatoms. The number of rotatable bonds is 9. The van der Waals surface area contributed by atoms with Gasteiger partial charge in [-0.1, -0.05) is 72.8 Å². The number of aryl methyl sites for hydroxylation is 3. The fraction of sp³-hybridized carbons (Fsp3) is 0.250. The Bertz CT molecular complexity index is 875. The lowest BCUT2D eigenvalue weighted by Crippen LogP contribution is -2.03.